The molecule has 0 bridgehead atoms. The van der Waals surface area contributed by atoms with Crippen molar-refractivity contribution >= 4 is 23.5 Å². The predicted molar refractivity (Wildman–Crippen MR) is 129 cm³/mol. The van der Waals surface area contributed by atoms with Gasteiger partial charge in [-0.2, -0.15) is 0 Å². The summed E-state index contributed by atoms with van der Waals surface area (Å²) in [6.07, 6.45) is 5.52. The number of hydrogen-bond donors (Lipinski definition) is 0. The van der Waals surface area contributed by atoms with E-state index in [1.54, 1.807) is 31.6 Å². The van der Waals surface area contributed by atoms with Crippen LogP contribution < -0.4 is 0 Å². The number of benzene rings is 1. The van der Waals surface area contributed by atoms with Crippen LogP contribution in [0.4, 0.5) is 0 Å². The molecule has 0 aliphatic heterocycles. The Morgan fingerprint density at radius 2 is 1.82 bits per heavy atom. The smallest absolute Gasteiger partial charge is 0.310 e. The van der Waals surface area contributed by atoms with Gasteiger partial charge in [0.2, 0.25) is 5.91 Å². The highest BCUT2D eigenvalue weighted by Gasteiger charge is 2.16. The summed E-state index contributed by atoms with van der Waals surface area (Å²) in [4.78, 5) is 35.1. The Morgan fingerprint density at radius 3 is 2.52 bits per heavy atom. The number of hydrogen-bond acceptors (Lipinski definition) is 5. The molecule has 172 valence electrons. The molecule has 1 amide bonds. The molecule has 0 atom stereocenters. The molecule has 0 saturated carbocycles. The van der Waals surface area contributed by atoms with Crippen LogP contribution in [0.5, 0.6) is 0 Å². The Hall–Kier alpha value is -3.25. The Bertz CT molecular complexity index is 1120. The van der Waals surface area contributed by atoms with E-state index in [0.29, 0.717) is 24.8 Å². The van der Waals surface area contributed by atoms with Crippen LogP contribution in [0.15, 0.2) is 55.0 Å². The van der Waals surface area contributed by atoms with Crippen molar-refractivity contribution in [2.75, 3.05) is 13.2 Å². The van der Waals surface area contributed by atoms with E-state index in [1.165, 1.54) is 0 Å². The van der Waals surface area contributed by atoms with Crippen LogP contribution in [0.1, 0.15) is 36.1 Å². The number of amides is 1. The van der Waals surface area contributed by atoms with Gasteiger partial charge in [0, 0.05) is 37.2 Å². The number of aryl methyl sites for hydroxylation is 1. The van der Waals surface area contributed by atoms with Crippen molar-refractivity contribution in [1.82, 2.24) is 14.9 Å². The van der Waals surface area contributed by atoms with Crippen molar-refractivity contribution in [3.63, 3.8) is 0 Å². The van der Waals surface area contributed by atoms with Crippen molar-refractivity contribution in [3.8, 4) is 11.1 Å². The Morgan fingerprint density at radius 1 is 1.00 bits per heavy atom. The summed E-state index contributed by atoms with van der Waals surface area (Å²) in [5, 5.41) is 0.404. The summed E-state index contributed by atoms with van der Waals surface area (Å²) in [5.74, 6) is -0.261. The number of esters is 1. The molecule has 0 fully saturated rings. The van der Waals surface area contributed by atoms with Crippen molar-refractivity contribution < 1.29 is 14.3 Å². The van der Waals surface area contributed by atoms with Gasteiger partial charge in [0.05, 0.1) is 19.4 Å². The fourth-order valence-electron chi connectivity index (χ4n) is 3.62. The van der Waals surface area contributed by atoms with E-state index in [-0.39, 0.29) is 24.7 Å². The van der Waals surface area contributed by atoms with Gasteiger partial charge >= 0.3 is 5.97 Å². The molecule has 0 aliphatic carbocycles. The van der Waals surface area contributed by atoms with Gasteiger partial charge in [0.15, 0.2) is 0 Å². The SMILES string of the molecule is CCOC(=O)Cc1cncc(-c2ccc(C)cc2CN(CC)C(=O)Cc2ccc(Cl)nc2)c1. The van der Waals surface area contributed by atoms with Gasteiger partial charge in [-0.05, 0) is 55.2 Å². The zero-order valence-corrected chi connectivity index (χ0v) is 19.9. The first-order valence-corrected chi connectivity index (χ1v) is 11.3. The third-order valence-corrected chi connectivity index (χ3v) is 5.48. The van der Waals surface area contributed by atoms with Crippen LogP contribution in [0.25, 0.3) is 11.1 Å². The van der Waals surface area contributed by atoms with Crippen LogP contribution >= 0.6 is 11.6 Å². The molecule has 0 aliphatic rings. The van der Waals surface area contributed by atoms with Gasteiger partial charge in [-0.1, -0.05) is 41.4 Å². The van der Waals surface area contributed by atoms with E-state index in [9.17, 15) is 9.59 Å². The first kappa shape index (κ1) is 24.4. The summed E-state index contributed by atoms with van der Waals surface area (Å²) >= 11 is 5.85. The van der Waals surface area contributed by atoms with E-state index >= 15 is 0 Å². The molecule has 2 heterocycles. The first-order chi connectivity index (χ1) is 15.9. The van der Waals surface area contributed by atoms with Gasteiger partial charge in [-0.3, -0.25) is 14.6 Å². The molecule has 3 rings (SSSR count). The minimum absolute atomic E-state index is 0.0169. The van der Waals surface area contributed by atoms with Gasteiger partial charge in [0.25, 0.3) is 0 Å². The fourth-order valence-corrected chi connectivity index (χ4v) is 3.74. The number of aromatic nitrogens is 2. The van der Waals surface area contributed by atoms with Gasteiger partial charge < -0.3 is 9.64 Å². The number of nitrogens with zero attached hydrogens (tertiary/aromatic N) is 3. The molecule has 0 N–H and O–H groups in total. The summed E-state index contributed by atoms with van der Waals surface area (Å²) in [6.45, 7) is 7.18. The highest BCUT2D eigenvalue weighted by atomic mass is 35.5. The van der Waals surface area contributed by atoms with E-state index in [2.05, 4.69) is 16.0 Å². The lowest BCUT2D eigenvalue weighted by atomic mass is 9.97. The monoisotopic (exact) mass is 465 g/mol. The highest BCUT2D eigenvalue weighted by molar-refractivity contribution is 6.29. The maximum atomic E-state index is 13.0. The van der Waals surface area contributed by atoms with Gasteiger partial charge in [-0.15, -0.1) is 0 Å². The van der Waals surface area contributed by atoms with Gasteiger partial charge in [0.1, 0.15) is 5.15 Å². The molecular formula is C26H28ClN3O3. The molecule has 2 aromatic heterocycles. The van der Waals surface area contributed by atoms with Crippen LogP contribution in [0, 0.1) is 6.92 Å². The molecule has 0 saturated heterocycles. The summed E-state index contributed by atoms with van der Waals surface area (Å²) in [7, 11) is 0. The number of likely N-dealkylation sites (N-methyl/N-ethyl adjacent to an activating group) is 1. The second kappa shape index (κ2) is 11.6. The zero-order valence-electron chi connectivity index (χ0n) is 19.2. The molecule has 0 spiro atoms. The van der Waals surface area contributed by atoms with Crippen molar-refractivity contribution in [2.24, 2.45) is 0 Å². The van der Waals surface area contributed by atoms with Gasteiger partial charge in [-0.25, -0.2) is 4.98 Å². The Kier molecular flexibility index (Phi) is 8.55. The average Bonchev–Trinajstić information content (AvgIpc) is 2.79. The quantitative estimate of drug-likeness (QED) is 0.335. The molecular weight excluding hydrogens is 438 g/mol. The number of pyridine rings is 2. The van der Waals surface area contributed by atoms with Crippen LogP contribution in [-0.2, 0) is 33.7 Å². The third kappa shape index (κ3) is 6.86. The lowest BCUT2D eigenvalue weighted by Crippen LogP contribution is -2.31. The Balaban J connectivity index is 1.83. The number of carbonyl (C=O) groups is 2. The number of ether oxygens (including phenoxy) is 1. The average molecular weight is 466 g/mol. The summed E-state index contributed by atoms with van der Waals surface area (Å²) in [5.41, 5.74) is 5.62. The molecule has 7 heteroatoms. The summed E-state index contributed by atoms with van der Waals surface area (Å²) in [6, 6.07) is 11.6. The van der Waals surface area contributed by atoms with Crippen molar-refractivity contribution in [3.05, 3.63) is 82.4 Å². The van der Waals surface area contributed by atoms with Crippen LogP contribution in [0.3, 0.4) is 0 Å². The lowest BCUT2D eigenvalue weighted by molar-refractivity contribution is -0.142. The van der Waals surface area contributed by atoms with E-state index in [0.717, 1.165) is 33.4 Å². The minimum atomic E-state index is -0.278. The lowest BCUT2D eigenvalue weighted by Gasteiger charge is -2.23. The number of halogens is 1. The van der Waals surface area contributed by atoms with E-state index in [1.807, 2.05) is 43.0 Å². The molecule has 6 nitrogen and oxygen atoms in total. The largest absolute Gasteiger partial charge is 0.466 e. The molecule has 33 heavy (non-hydrogen) atoms. The molecule has 3 aromatic rings. The van der Waals surface area contributed by atoms with Crippen molar-refractivity contribution in [2.45, 2.75) is 40.2 Å². The number of carbonyl (C=O) groups excluding carboxylic acids is 2. The van der Waals surface area contributed by atoms with E-state index < -0.39 is 0 Å². The second-order valence-electron chi connectivity index (χ2n) is 7.80. The predicted octanol–water partition coefficient (Wildman–Crippen LogP) is 4.80. The zero-order chi connectivity index (χ0) is 23.8. The van der Waals surface area contributed by atoms with Crippen LogP contribution in [0.2, 0.25) is 5.15 Å². The maximum Gasteiger partial charge on any atom is 0.310 e. The maximum absolute atomic E-state index is 13.0. The second-order valence-corrected chi connectivity index (χ2v) is 8.19. The minimum Gasteiger partial charge on any atom is -0.466 e. The number of rotatable bonds is 9. The normalized spacial score (nSPS) is 10.7. The van der Waals surface area contributed by atoms with E-state index in [4.69, 9.17) is 16.3 Å². The fraction of sp³-hybridized carbons (Fsp3) is 0.308. The van der Waals surface area contributed by atoms with Crippen molar-refractivity contribution in [1.29, 1.82) is 0 Å². The van der Waals surface area contributed by atoms with Crippen LogP contribution in [-0.4, -0.2) is 39.9 Å². The molecule has 0 radical (unpaired) electrons. The first-order valence-electron chi connectivity index (χ1n) is 11.0. The third-order valence-electron chi connectivity index (χ3n) is 5.26. The standard InChI is InChI=1S/C26H28ClN3O3/c1-4-30(25(31)12-19-7-9-24(27)29-15-19)17-22-10-18(3)6-8-23(22)21-11-20(14-28-16-21)13-26(32)33-5-2/h6-11,14-16H,4-5,12-13,17H2,1-3H3. The summed E-state index contributed by atoms with van der Waals surface area (Å²) < 4.78 is 5.06. The molecule has 0 unspecified atom stereocenters. The topological polar surface area (TPSA) is 72.4 Å². The highest BCUT2D eigenvalue weighted by Crippen LogP contribution is 2.27. The Labute approximate surface area is 199 Å². The molecule has 1 aromatic carbocycles.